The van der Waals surface area contributed by atoms with Crippen molar-refractivity contribution in [3.05, 3.63) is 313 Å². The Labute approximate surface area is 522 Å². The summed E-state index contributed by atoms with van der Waals surface area (Å²) in [6, 6.07) is 113. The highest BCUT2D eigenvalue weighted by molar-refractivity contribution is 7.23. The van der Waals surface area contributed by atoms with E-state index in [9.17, 15) is 0 Å². The van der Waals surface area contributed by atoms with Crippen LogP contribution in [0.2, 0.25) is 0 Å². The molecule has 4 heterocycles. The highest BCUT2D eigenvalue weighted by Gasteiger charge is 2.53. The predicted octanol–water partition coefficient (Wildman–Crippen LogP) is 16.1. The zero-order valence-electron chi connectivity index (χ0n) is 51.6. The first-order chi connectivity index (χ1) is 42.7. The average Bonchev–Trinajstić information content (AvgIpc) is 1.56. The maximum absolute atomic E-state index is 3.06. The highest BCUT2D eigenvalue weighted by Crippen LogP contribution is 2.57. The van der Waals surface area contributed by atoms with Gasteiger partial charge in [-0.3, -0.25) is 0 Å². The molecular formula is C84H72N2Si2. The number of anilines is 6. The summed E-state index contributed by atoms with van der Waals surface area (Å²) in [5, 5.41) is 11.3. The van der Waals surface area contributed by atoms with Crippen LogP contribution in [-0.4, -0.2) is 16.1 Å². The number of hydrogen-bond acceptors (Lipinski definition) is 2. The summed E-state index contributed by atoms with van der Waals surface area (Å²) in [5.74, 6) is 0. The lowest BCUT2D eigenvalue weighted by molar-refractivity contribution is 0.307. The Kier molecular flexibility index (Phi) is 12.0. The molecule has 12 aromatic carbocycles. The molecule has 426 valence electrons. The monoisotopic (exact) mass is 1160 g/mol. The second-order valence-electron chi connectivity index (χ2n) is 27.2. The van der Waals surface area contributed by atoms with E-state index in [2.05, 4.69) is 356 Å². The van der Waals surface area contributed by atoms with E-state index in [1.54, 1.807) is 0 Å². The molecule has 0 saturated heterocycles. The highest BCUT2D eigenvalue weighted by atomic mass is 28.3. The van der Waals surface area contributed by atoms with Crippen LogP contribution in [0.15, 0.2) is 291 Å². The van der Waals surface area contributed by atoms with Crippen molar-refractivity contribution >= 4 is 91.8 Å². The first kappa shape index (κ1) is 54.1. The fourth-order valence-corrected chi connectivity index (χ4v) is 27.0. The van der Waals surface area contributed by atoms with Crippen LogP contribution in [0.4, 0.5) is 34.1 Å². The maximum Gasteiger partial charge on any atom is 0.180 e. The van der Waals surface area contributed by atoms with Crippen LogP contribution < -0.4 is 51.3 Å². The zero-order chi connectivity index (χ0) is 60.0. The molecular weight excluding hydrogens is 1090 g/mol. The van der Waals surface area contributed by atoms with Gasteiger partial charge >= 0.3 is 0 Å². The Morgan fingerprint density at radius 3 is 0.727 bits per heavy atom. The van der Waals surface area contributed by atoms with Gasteiger partial charge < -0.3 is 9.80 Å². The summed E-state index contributed by atoms with van der Waals surface area (Å²) in [6.07, 6.45) is 0. The molecule has 0 amide bonds. The fourth-order valence-electron chi connectivity index (χ4n) is 16.5. The lowest BCUT2D eigenvalue weighted by Crippen LogP contribution is -2.73. The Bertz CT molecular complexity index is 4260. The smallest absolute Gasteiger partial charge is 0.180 e. The lowest BCUT2D eigenvalue weighted by Gasteiger charge is -2.42. The lowest BCUT2D eigenvalue weighted by atomic mass is 9.61. The first-order valence-corrected chi connectivity index (χ1v) is 35.5. The number of rotatable bonds is 7. The fraction of sp³-hybridized carbons (Fsp3) is 0.143. The van der Waals surface area contributed by atoms with Crippen molar-refractivity contribution in [1.29, 1.82) is 0 Å². The summed E-state index contributed by atoms with van der Waals surface area (Å²) < 4.78 is 0. The molecule has 12 aromatic rings. The van der Waals surface area contributed by atoms with Gasteiger partial charge in [0.2, 0.25) is 0 Å². The quantitative estimate of drug-likeness (QED) is 0.147. The topological polar surface area (TPSA) is 6.48 Å². The van der Waals surface area contributed by atoms with Crippen molar-refractivity contribution in [2.24, 2.45) is 0 Å². The first-order valence-electron chi connectivity index (χ1n) is 31.5. The van der Waals surface area contributed by atoms with Gasteiger partial charge in [0.05, 0.1) is 0 Å². The van der Waals surface area contributed by atoms with Crippen LogP contribution >= 0.6 is 0 Å². The van der Waals surface area contributed by atoms with Crippen molar-refractivity contribution in [2.75, 3.05) is 9.80 Å². The van der Waals surface area contributed by atoms with Crippen molar-refractivity contribution < 1.29 is 0 Å². The van der Waals surface area contributed by atoms with Gasteiger partial charge in [0.15, 0.2) is 16.1 Å². The van der Waals surface area contributed by atoms with Gasteiger partial charge in [-0.1, -0.05) is 298 Å². The molecule has 0 radical (unpaired) electrons. The third-order valence-electron chi connectivity index (χ3n) is 22.3. The summed E-state index contributed by atoms with van der Waals surface area (Å²) >= 11 is 0. The van der Waals surface area contributed by atoms with Gasteiger partial charge in [0.25, 0.3) is 0 Å². The number of nitrogens with zero attached hydrogens (tertiary/aromatic N) is 2. The summed E-state index contributed by atoms with van der Waals surface area (Å²) in [6.45, 7) is 19.5. The molecule has 0 saturated carbocycles. The third-order valence-corrected chi connectivity index (χ3v) is 32.0. The van der Waals surface area contributed by atoms with E-state index >= 15 is 0 Å². The molecule has 0 spiro atoms. The molecule has 4 aliphatic rings. The molecule has 16 rings (SSSR count). The molecule has 0 aliphatic carbocycles. The van der Waals surface area contributed by atoms with Crippen LogP contribution in [0.3, 0.4) is 0 Å². The van der Waals surface area contributed by atoms with Crippen LogP contribution in [0, 0.1) is 0 Å². The van der Waals surface area contributed by atoms with Gasteiger partial charge in [-0.2, -0.15) is 0 Å². The second kappa shape index (κ2) is 19.6. The molecule has 0 unspecified atom stereocenters. The van der Waals surface area contributed by atoms with Gasteiger partial charge in [-0.25, -0.2) is 0 Å². The van der Waals surface area contributed by atoms with Gasteiger partial charge in [0.1, 0.15) is 0 Å². The summed E-state index contributed by atoms with van der Waals surface area (Å²) in [7, 11) is -6.12. The maximum atomic E-state index is 2.62. The Balaban J connectivity index is 0.914. The molecule has 0 bridgehead atoms. The van der Waals surface area contributed by atoms with E-state index in [0.29, 0.717) is 0 Å². The molecule has 2 nitrogen and oxygen atoms in total. The number of hydrogen-bond donors (Lipinski definition) is 0. The van der Waals surface area contributed by atoms with Gasteiger partial charge in [0, 0.05) is 55.8 Å². The van der Waals surface area contributed by atoms with E-state index in [-0.39, 0.29) is 21.7 Å². The Hall–Kier alpha value is -9.33. The second-order valence-corrected chi connectivity index (χ2v) is 34.6. The molecule has 0 fully saturated rings. The zero-order valence-corrected chi connectivity index (χ0v) is 53.6. The minimum atomic E-state index is -3.06. The molecule has 4 heteroatoms. The number of fused-ring (bicyclic) bond motifs is 10. The Morgan fingerprint density at radius 1 is 0.227 bits per heavy atom. The standard InChI is InChI=1S/C84H72N2Si2/c1-81(2)69-37-21-25-41-73(69)85(74-42-26-22-38-70(74)82(81,3)4)59-47-51-67-65-49-45-57(53-77(65)87(79(67)55-59,61-29-13-9-14-30-61)62-31-15-10-16-32-62)58-46-50-66-68-52-48-60(56-80(68)88(78(66)54-58,63-33-17-11-18-34-63)64-35-19-12-20-36-64)86-75-43-27-23-39-71(75)83(5,6)84(7,8)72-40-24-28-44-76(72)86/h9-56H,1-8H3. The minimum Gasteiger partial charge on any atom is -0.310 e. The normalized spacial score (nSPS) is 16.9. The molecule has 0 atom stereocenters. The van der Waals surface area contributed by atoms with E-state index in [4.69, 9.17) is 0 Å². The van der Waals surface area contributed by atoms with Crippen molar-refractivity contribution in [3.63, 3.8) is 0 Å². The van der Waals surface area contributed by atoms with Crippen LogP contribution in [0.5, 0.6) is 0 Å². The molecule has 0 N–H and O–H groups in total. The van der Waals surface area contributed by atoms with E-state index in [1.165, 1.54) is 131 Å². The number of para-hydroxylation sites is 4. The molecule has 0 aromatic heterocycles. The number of benzene rings is 12. The third kappa shape index (κ3) is 7.33. The van der Waals surface area contributed by atoms with E-state index in [0.717, 1.165) is 0 Å². The van der Waals surface area contributed by atoms with Gasteiger partial charge in [-0.15, -0.1) is 0 Å². The van der Waals surface area contributed by atoms with Crippen molar-refractivity contribution in [1.82, 2.24) is 0 Å². The van der Waals surface area contributed by atoms with E-state index < -0.39 is 16.1 Å². The molecule has 4 aliphatic heterocycles. The van der Waals surface area contributed by atoms with E-state index in [1.807, 2.05) is 0 Å². The predicted molar refractivity (Wildman–Crippen MR) is 379 cm³/mol. The van der Waals surface area contributed by atoms with Crippen LogP contribution in [-0.2, 0) is 21.7 Å². The summed E-state index contributed by atoms with van der Waals surface area (Å²) in [5.41, 5.74) is 19.8. The van der Waals surface area contributed by atoms with Crippen LogP contribution in [0.25, 0.3) is 33.4 Å². The van der Waals surface area contributed by atoms with Crippen molar-refractivity contribution in [3.8, 4) is 33.4 Å². The average molecular weight is 1170 g/mol. The summed E-state index contributed by atoms with van der Waals surface area (Å²) in [4.78, 5) is 5.17. The minimum absolute atomic E-state index is 0.167. The van der Waals surface area contributed by atoms with Crippen molar-refractivity contribution in [2.45, 2.75) is 77.0 Å². The molecule has 88 heavy (non-hydrogen) atoms. The van der Waals surface area contributed by atoms with Crippen LogP contribution in [0.1, 0.15) is 77.6 Å². The Morgan fingerprint density at radius 2 is 0.455 bits per heavy atom. The largest absolute Gasteiger partial charge is 0.310 e. The SMILES string of the molecule is CC1(C)c2ccccc2N(c2ccc3c(c2)[Si](c2ccccc2)(c2ccccc2)c2cc(-c4ccc5c(c4)[Si](c4ccccc4)(c4ccccc4)c4cc(N6c7ccccc7C(C)(C)C(C)(C)c7ccccc76)ccc4-5)ccc2-3)c2ccccc2C1(C)C. The van der Waals surface area contributed by atoms with Gasteiger partial charge in [-0.05, 0) is 146 Å².